The molecule has 1 saturated carbocycles. The second kappa shape index (κ2) is 9.73. The second-order valence-corrected chi connectivity index (χ2v) is 8.91. The van der Waals surface area contributed by atoms with Crippen LogP contribution < -0.4 is 10.6 Å². The van der Waals surface area contributed by atoms with Gasteiger partial charge in [0.1, 0.15) is 0 Å². The van der Waals surface area contributed by atoms with E-state index in [1.54, 1.807) is 7.11 Å². The Kier molecular flexibility index (Phi) is 7.05. The van der Waals surface area contributed by atoms with E-state index in [-0.39, 0.29) is 29.8 Å². The van der Waals surface area contributed by atoms with Crippen molar-refractivity contribution in [3.05, 3.63) is 0 Å². The van der Waals surface area contributed by atoms with Gasteiger partial charge < -0.3 is 24.8 Å². The van der Waals surface area contributed by atoms with Crippen molar-refractivity contribution in [2.24, 2.45) is 11.8 Å². The molecule has 0 bridgehead atoms. The van der Waals surface area contributed by atoms with Crippen molar-refractivity contribution < 1.29 is 23.8 Å². The van der Waals surface area contributed by atoms with Crippen molar-refractivity contribution in [3.8, 4) is 0 Å². The Morgan fingerprint density at radius 3 is 2.62 bits per heavy atom. The maximum Gasteiger partial charge on any atom is 0.222 e. The molecule has 3 heterocycles. The number of nitrogens with one attached hydrogen (secondary N) is 2. The van der Waals surface area contributed by atoms with Crippen LogP contribution >= 0.6 is 0 Å². The Morgan fingerprint density at radius 2 is 1.90 bits per heavy atom. The van der Waals surface area contributed by atoms with Crippen molar-refractivity contribution in [1.29, 1.82) is 0 Å². The van der Waals surface area contributed by atoms with Crippen LogP contribution in [0, 0.1) is 11.8 Å². The number of rotatable bonds is 9. The maximum absolute atomic E-state index is 12.5. The van der Waals surface area contributed by atoms with Gasteiger partial charge in [0, 0.05) is 63.9 Å². The summed E-state index contributed by atoms with van der Waals surface area (Å²) in [6, 6.07) is 1.17. The third-order valence-electron chi connectivity index (χ3n) is 6.84. The molecule has 29 heavy (non-hydrogen) atoms. The average molecular weight is 410 g/mol. The Hall–Kier alpha value is -1.22. The summed E-state index contributed by atoms with van der Waals surface area (Å²) in [5.74, 6) is 0.621. The first kappa shape index (κ1) is 21.0. The van der Waals surface area contributed by atoms with Crippen molar-refractivity contribution in [1.82, 2.24) is 15.5 Å². The highest BCUT2D eigenvalue weighted by Gasteiger charge is 2.52. The zero-order valence-corrected chi connectivity index (χ0v) is 17.4. The average Bonchev–Trinajstić information content (AvgIpc) is 3.32. The standard InChI is InChI=1S/C21H35N3O5/c1-27-9-6-22-19(25)11-18-21-14(10-20(26)23-15-2-3-15)12-24(17(21)13-29-18)16-4-7-28-8-5-16/h14-18,21H,2-13H2,1H3,(H,22,25)(H,23,26)/t14-,17-,18+,21-/m1/s1. The molecule has 4 fully saturated rings. The number of fused-ring (bicyclic) bond motifs is 1. The lowest BCUT2D eigenvalue weighted by Gasteiger charge is -2.34. The van der Waals surface area contributed by atoms with Crippen LogP contribution in [0.3, 0.4) is 0 Å². The molecule has 2 amide bonds. The van der Waals surface area contributed by atoms with Crippen LogP contribution in [-0.4, -0.2) is 87.6 Å². The van der Waals surface area contributed by atoms with Crippen LogP contribution in [0.4, 0.5) is 0 Å². The normalized spacial score (nSPS) is 32.9. The number of nitrogens with zero attached hydrogens (tertiary/aromatic N) is 1. The summed E-state index contributed by atoms with van der Waals surface area (Å²) in [6.07, 6.45) is 5.04. The van der Waals surface area contributed by atoms with E-state index in [4.69, 9.17) is 14.2 Å². The van der Waals surface area contributed by atoms with Gasteiger partial charge in [-0.05, 0) is 31.6 Å². The molecule has 4 rings (SSSR count). The van der Waals surface area contributed by atoms with Gasteiger partial charge in [-0.2, -0.15) is 0 Å². The number of ether oxygens (including phenoxy) is 3. The lowest BCUT2D eigenvalue weighted by Crippen LogP contribution is -2.44. The molecule has 8 heteroatoms. The Bertz CT molecular complexity index is 579. The fraction of sp³-hybridized carbons (Fsp3) is 0.905. The molecular formula is C21H35N3O5. The van der Waals surface area contributed by atoms with Gasteiger partial charge in [0.25, 0.3) is 0 Å². The maximum atomic E-state index is 12.5. The number of methoxy groups -OCH3 is 1. The van der Waals surface area contributed by atoms with Crippen LogP contribution in [0.5, 0.6) is 0 Å². The molecule has 4 aliphatic rings. The lowest BCUT2D eigenvalue weighted by molar-refractivity contribution is -0.124. The summed E-state index contributed by atoms with van der Waals surface area (Å²) < 4.78 is 16.7. The van der Waals surface area contributed by atoms with Gasteiger partial charge in [-0.15, -0.1) is 0 Å². The highest BCUT2D eigenvalue weighted by atomic mass is 16.5. The van der Waals surface area contributed by atoms with Gasteiger partial charge in [-0.3, -0.25) is 14.5 Å². The van der Waals surface area contributed by atoms with Gasteiger partial charge in [0.2, 0.25) is 11.8 Å². The molecular weight excluding hydrogens is 374 g/mol. The van der Waals surface area contributed by atoms with Crippen LogP contribution in [0.15, 0.2) is 0 Å². The van der Waals surface area contributed by atoms with Crippen LogP contribution in [0.25, 0.3) is 0 Å². The third-order valence-corrected chi connectivity index (χ3v) is 6.84. The molecule has 3 saturated heterocycles. The quantitative estimate of drug-likeness (QED) is 0.533. The van der Waals surface area contributed by atoms with Crippen LogP contribution in [0.2, 0.25) is 0 Å². The largest absolute Gasteiger partial charge is 0.383 e. The van der Waals surface area contributed by atoms with E-state index in [1.807, 2.05) is 0 Å². The van der Waals surface area contributed by atoms with E-state index in [9.17, 15) is 9.59 Å². The molecule has 0 aromatic heterocycles. The van der Waals surface area contributed by atoms with E-state index < -0.39 is 0 Å². The molecule has 2 N–H and O–H groups in total. The minimum atomic E-state index is -0.119. The Morgan fingerprint density at radius 1 is 1.10 bits per heavy atom. The van der Waals surface area contributed by atoms with Crippen molar-refractivity contribution in [2.75, 3.05) is 46.6 Å². The summed E-state index contributed by atoms with van der Waals surface area (Å²) in [6.45, 7) is 4.19. The number of carbonyl (C=O) groups is 2. The number of amides is 2. The molecule has 0 aromatic carbocycles. The number of hydrogen-bond donors (Lipinski definition) is 2. The molecule has 8 nitrogen and oxygen atoms in total. The van der Waals surface area contributed by atoms with Crippen LogP contribution in [-0.2, 0) is 23.8 Å². The molecule has 4 atom stereocenters. The molecule has 3 aliphatic heterocycles. The highest BCUT2D eigenvalue weighted by Crippen LogP contribution is 2.43. The molecule has 0 spiro atoms. The fourth-order valence-electron chi connectivity index (χ4n) is 5.29. The molecule has 164 valence electrons. The lowest BCUT2D eigenvalue weighted by atomic mass is 9.84. The van der Waals surface area contributed by atoms with Gasteiger partial charge in [0.05, 0.1) is 25.7 Å². The first-order valence-corrected chi connectivity index (χ1v) is 11.2. The number of carbonyl (C=O) groups excluding carboxylic acids is 2. The van der Waals surface area contributed by atoms with E-state index in [1.165, 1.54) is 0 Å². The molecule has 1 aliphatic carbocycles. The van der Waals surface area contributed by atoms with E-state index in [0.717, 1.165) is 45.4 Å². The zero-order chi connectivity index (χ0) is 20.2. The number of likely N-dealkylation sites (tertiary alicyclic amines) is 1. The Balaban J connectivity index is 1.40. The first-order chi connectivity index (χ1) is 14.2. The molecule has 0 aromatic rings. The summed E-state index contributed by atoms with van der Waals surface area (Å²) in [5.41, 5.74) is 0. The highest BCUT2D eigenvalue weighted by molar-refractivity contribution is 5.77. The zero-order valence-electron chi connectivity index (χ0n) is 17.4. The van der Waals surface area contributed by atoms with E-state index >= 15 is 0 Å². The summed E-state index contributed by atoms with van der Waals surface area (Å²) in [4.78, 5) is 27.5. The van der Waals surface area contributed by atoms with Crippen molar-refractivity contribution in [3.63, 3.8) is 0 Å². The van der Waals surface area contributed by atoms with Gasteiger partial charge in [-0.1, -0.05) is 0 Å². The van der Waals surface area contributed by atoms with Gasteiger partial charge in [-0.25, -0.2) is 0 Å². The molecule has 0 radical (unpaired) electrons. The SMILES string of the molecule is COCCNC(=O)C[C@@H]1OC[C@@H]2[C@H]1[C@H](CC(=O)NC1CC1)CN2C1CCOCC1. The predicted molar refractivity (Wildman–Crippen MR) is 106 cm³/mol. The monoisotopic (exact) mass is 409 g/mol. The van der Waals surface area contributed by atoms with Crippen molar-refractivity contribution in [2.45, 2.75) is 62.8 Å². The van der Waals surface area contributed by atoms with Gasteiger partial charge >= 0.3 is 0 Å². The van der Waals surface area contributed by atoms with E-state index in [2.05, 4.69) is 15.5 Å². The second-order valence-electron chi connectivity index (χ2n) is 8.91. The first-order valence-electron chi connectivity index (χ1n) is 11.2. The topological polar surface area (TPSA) is 89.1 Å². The van der Waals surface area contributed by atoms with Crippen molar-refractivity contribution >= 4 is 11.8 Å². The smallest absolute Gasteiger partial charge is 0.222 e. The third kappa shape index (κ3) is 5.29. The minimum absolute atomic E-state index is 0.00148. The molecule has 0 unspecified atom stereocenters. The Labute approximate surface area is 173 Å². The predicted octanol–water partition coefficient (Wildman–Crippen LogP) is 0.302. The van der Waals surface area contributed by atoms with Crippen LogP contribution in [0.1, 0.15) is 38.5 Å². The summed E-state index contributed by atoms with van der Waals surface area (Å²) >= 11 is 0. The summed E-state index contributed by atoms with van der Waals surface area (Å²) in [5, 5.41) is 6.04. The minimum Gasteiger partial charge on any atom is -0.383 e. The van der Waals surface area contributed by atoms with E-state index in [0.29, 0.717) is 50.7 Å². The fourth-order valence-corrected chi connectivity index (χ4v) is 5.29. The summed E-state index contributed by atoms with van der Waals surface area (Å²) in [7, 11) is 1.62. The van der Waals surface area contributed by atoms with Gasteiger partial charge in [0.15, 0.2) is 0 Å². The number of hydrogen-bond acceptors (Lipinski definition) is 6.